The maximum absolute atomic E-state index is 12.8. The minimum Gasteiger partial charge on any atom is -0.378 e. The third-order valence-electron chi connectivity index (χ3n) is 5.95. The lowest BCUT2D eigenvalue weighted by Gasteiger charge is -2.54. The number of ether oxygens (including phenoxy) is 1. The topological polar surface area (TPSA) is 73.2 Å². The van der Waals surface area contributed by atoms with E-state index in [0.717, 1.165) is 19.3 Å². The third kappa shape index (κ3) is 2.57. The molecule has 2 aliphatic carbocycles. The summed E-state index contributed by atoms with van der Waals surface area (Å²) in [6.07, 6.45) is 5.63. The predicted molar refractivity (Wildman–Crippen MR) is 91.1 cm³/mol. The molecule has 6 heteroatoms. The van der Waals surface area contributed by atoms with Gasteiger partial charge in [0.2, 0.25) is 0 Å². The molecule has 0 bridgehead atoms. The molecule has 0 radical (unpaired) electrons. The van der Waals surface area contributed by atoms with Gasteiger partial charge < -0.3 is 10.1 Å². The summed E-state index contributed by atoms with van der Waals surface area (Å²) in [5, 5.41) is 7.27. The Labute approximate surface area is 142 Å². The van der Waals surface area contributed by atoms with Crippen LogP contribution in [0.3, 0.4) is 0 Å². The highest BCUT2D eigenvalue weighted by Gasteiger charge is 2.57. The minimum absolute atomic E-state index is 0.0624. The number of carbonyl (C=O) groups is 1. The fourth-order valence-electron chi connectivity index (χ4n) is 4.44. The van der Waals surface area contributed by atoms with E-state index >= 15 is 0 Å². The summed E-state index contributed by atoms with van der Waals surface area (Å²) < 4.78 is 7.13. The molecule has 0 saturated heterocycles. The van der Waals surface area contributed by atoms with Crippen molar-refractivity contribution >= 4 is 5.91 Å². The summed E-state index contributed by atoms with van der Waals surface area (Å²) in [7, 11) is 1.58. The van der Waals surface area contributed by atoms with Crippen LogP contribution < -0.4 is 10.9 Å². The van der Waals surface area contributed by atoms with Crippen LogP contribution in [-0.4, -0.2) is 34.4 Å². The van der Waals surface area contributed by atoms with E-state index in [1.54, 1.807) is 14.0 Å². The Hall–Kier alpha value is -1.69. The average molecular weight is 333 g/mol. The summed E-state index contributed by atoms with van der Waals surface area (Å²) in [6, 6.07) is 0.0987. The van der Waals surface area contributed by atoms with E-state index in [1.165, 1.54) is 17.5 Å². The molecule has 24 heavy (non-hydrogen) atoms. The molecule has 132 valence electrons. The molecule has 1 N–H and O–H groups in total. The molecule has 1 amide bonds. The van der Waals surface area contributed by atoms with Crippen LogP contribution in [0.25, 0.3) is 0 Å². The summed E-state index contributed by atoms with van der Waals surface area (Å²) >= 11 is 0. The van der Waals surface area contributed by atoms with Crippen molar-refractivity contribution < 1.29 is 9.53 Å². The first-order valence-electron chi connectivity index (χ1n) is 8.87. The molecular weight excluding hydrogens is 306 g/mol. The van der Waals surface area contributed by atoms with Gasteiger partial charge in [0, 0.05) is 25.1 Å². The van der Waals surface area contributed by atoms with Crippen molar-refractivity contribution in [3.8, 4) is 0 Å². The first kappa shape index (κ1) is 17.1. The number of hydrogen-bond acceptors (Lipinski definition) is 4. The maximum atomic E-state index is 12.8. The van der Waals surface area contributed by atoms with Crippen LogP contribution in [0.1, 0.15) is 60.6 Å². The van der Waals surface area contributed by atoms with E-state index in [2.05, 4.69) is 10.4 Å². The van der Waals surface area contributed by atoms with Crippen molar-refractivity contribution in [1.29, 1.82) is 0 Å². The fraction of sp³-hybridized carbons (Fsp3) is 0.722. The Balaban J connectivity index is 1.83. The largest absolute Gasteiger partial charge is 0.378 e. The van der Waals surface area contributed by atoms with Crippen LogP contribution >= 0.6 is 0 Å². The van der Waals surface area contributed by atoms with Crippen molar-refractivity contribution in [2.75, 3.05) is 6.61 Å². The molecule has 0 aromatic carbocycles. The standard InChI is InChI=1S/C18H27N3O3/c1-5-24-14-10-13(18(14)8-6-7-9-18)19-16(22)15-11(2)12(3)20-21(4)17(15)23/h13-14H,5-10H2,1-4H3,(H,19,22)/t13-,14-/m0/s1. The number of hydrogen-bond donors (Lipinski definition) is 1. The molecule has 6 nitrogen and oxygen atoms in total. The van der Waals surface area contributed by atoms with Crippen LogP contribution in [0.5, 0.6) is 0 Å². The molecule has 1 aromatic heterocycles. The van der Waals surface area contributed by atoms with Crippen molar-refractivity contribution in [1.82, 2.24) is 15.1 Å². The first-order valence-corrected chi connectivity index (χ1v) is 8.87. The molecule has 0 aliphatic heterocycles. The van der Waals surface area contributed by atoms with Gasteiger partial charge in [0.15, 0.2) is 0 Å². The number of amides is 1. The highest BCUT2D eigenvalue weighted by atomic mass is 16.5. The van der Waals surface area contributed by atoms with Gasteiger partial charge in [-0.25, -0.2) is 4.68 Å². The van der Waals surface area contributed by atoms with E-state index in [4.69, 9.17) is 4.74 Å². The van der Waals surface area contributed by atoms with Gasteiger partial charge in [0.05, 0.1) is 11.8 Å². The van der Waals surface area contributed by atoms with Crippen molar-refractivity contribution in [3.63, 3.8) is 0 Å². The number of nitrogens with one attached hydrogen (secondary N) is 1. The zero-order valence-corrected chi connectivity index (χ0v) is 15.0. The SMILES string of the molecule is CCO[C@H]1C[C@H](NC(=O)c2c(C)c(C)nn(C)c2=O)C12CCCC2. The highest BCUT2D eigenvalue weighted by Crippen LogP contribution is 2.54. The number of aromatic nitrogens is 2. The van der Waals surface area contributed by atoms with E-state index in [-0.39, 0.29) is 34.6 Å². The van der Waals surface area contributed by atoms with Gasteiger partial charge in [-0.2, -0.15) is 5.10 Å². The molecule has 2 saturated carbocycles. The second-order valence-corrected chi connectivity index (χ2v) is 7.16. The van der Waals surface area contributed by atoms with Gasteiger partial charge in [0.1, 0.15) is 5.56 Å². The molecule has 3 rings (SSSR count). The second-order valence-electron chi connectivity index (χ2n) is 7.16. The molecule has 2 fully saturated rings. The number of rotatable bonds is 4. The molecule has 1 aromatic rings. The van der Waals surface area contributed by atoms with Crippen LogP contribution in [0.4, 0.5) is 0 Å². The summed E-state index contributed by atoms with van der Waals surface area (Å²) in [5.41, 5.74) is 1.32. The Morgan fingerprint density at radius 1 is 1.38 bits per heavy atom. The van der Waals surface area contributed by atoms with Gasteiger partial charge in [-0.3, -0.25) is 9.59 Å². The van der Waals surface area contributed by atoms with E-state index in [1.807, 2.05) is 13.8 Å². The third-order valence-corrected chi connectivity index (χ3v) is 5.95. The normalized spacial score (nSPS) is 24.8. The number of nitrogens with zero attached hydrogens (tertiary/aromatic N) is 2. The van der Waals surface area contributed by atoms with Crippen LogP contribution in [-0.2, 0) is 11.8 Å². The van der Waals surface area contributed by atoms with Gasteiger partial charge >= 0.3 is 0 Å². The summed E-state index contributed by atoms with van der Waals surface area (Å²) in [5.74, 6) is -0.273. The minimum atomic E-state index is -0.336. The molecule has 1 spiro atoms. The molecular formula is C18H27N3O3. The molecule has 0 unspecified atom stereocenters. The molecule has 2 atom stereocenters. The number of aryl methyl sites for hydroxylation is 2. The Morgan fingerprint density at radius 3 is 2.67 bits per heavy atom. The van der Waals surface area contributed by atoms with E-state index < -0.39 is 0 Å². The predicted octanol–water partition coefficient (Wildman–Crippen LogP) is 1.86. The fourth-order valence-corrected chi connectivity index (χ4v) is 4.44. The highest BCUT2D eigenvalue weighted by molar-refractivity contribution is 5.95. The Bertz CT molecular complexity index is 704. The van der Waals surface area contributed by atoms with Gasteiger partial charge in [-0.05, 0) is 45.6 Å². The molecule has 2 aliphatic rings. The van der Waals surface area contributed by atoms with E-state index in [0.29, 0.717) is 17.9 Å². The average Bonchev–Trinajstić information content (AvgIpc) is 3.05. The van der Waals surface area contributed by atoms with Crippen LogP contribution in [0.15, 0.2) is 4.79 Å². The van der Waals surface area contributed by atoms with Gasteiger partial charge in [0.25, 0.3) is 11.5 Å². The Kier molecular flexibility index (Phi) is 4.51. The first-order chi connectivity index (χ1) is 11.4. The van der Waals surface area contributed by atoms with Gasteiger partial charge in [-0.15, -0.1) is 0 Å². The zero-order chi connectivity index (χ0) is 17.5. The van der Waals surface area contributed by atoms with Crippen LogP contribution in [0, 0.1) is 19.3 Å². The lowest BCUT2D eigenvalue weighted by Crippen LogP contribution is -2.64. The number of carbonyl (C=O) groups excluding carboxylic acids is 1. The lowest BCUT2D eigenvalue weighted by molar-refractivity contribution is -0.127. The summed E-state index contributed by atoms with van der Waals surface area (Å²) in [4.78, 5) is 25.2. The van der Waals surface area contributed by atoms with Crippen molar-refractivity contribution in [2.24, 2.45) is 12.5 Å². The maximum Gasteiger partial charge on any atom is 0.279 e. The quantitative estimate of drug-likeness (QED) is 0.913. The van der Waals surface area contributed by atoms with Crippen molar-refractivity contribution in [3.05, 3.63) is 27.2 Å². The van der Waals surface area contributed by atoms with E-state index in [9.17, 15) is 9.59 Å². The lowest BCUT2D eigenvalue weighted by atomic mass is 9.60. The second kappa shape index (κ2) is 6.31. The van der Waals surface area contributed by atoms with Crippen molar-refractivity contribution in [2.45, 2.75) is 65.0 Å². The van der Waals surface area contributed by atoms with Gasteiger partial charge in [-0.1, -0.05) is 12.8 Å². The smallest absolute Gasteiger partial charge is 0.279 e. The summed E-state index contributed by atoms with van der Waals surface area (Å²) in [6.45, 7) is 6.32. The monoisotopic (exact) mass is 333 g/mol. The molecule has 1 heterocycles. The Morgan fingerprint density at radius 2 is 2.04 bits per heavy atom. The zero-order valence-electron chi connectivity index (χ0n) is 15.0. The van der Waals surface area contributed by atoms with Crippen LogP contribution in [0.2, 0.25) is 0 Å².